The van der Waals surface area contributed by atoms with E-state index in [1.807, 2.05) is 6.92 Å². The normalized spacial score (nSPS) is 21.6. The van der Waals surface area contributed by atoms with Crippen molar-refractivity contribution < 1.29 is 17.6 Å². The number of nitrogens with one attached hydrogen (secondary N) is 1. The van der Waals surface area contributed by atoms with Gasteiger partial charge in [-0.1, -0.05) is 29.3 Å². The maximum Gasteiger partial charge on any atom is 0.254 e. The molecule has 2 rings (SSSR count). The fraction of sp³-hybridized carbons (Fsp3) is 0.417. The fourth-order valence-corrected chi connectivity index (χ4v) is 3.32. The Bertz CT molecular complexity index is 663. The van der Waals surface area contributed by atoms with E-state index in [1.165, 1.54) is 6.07 Å². The summed E-state index contributed by atoms with van der Waals surface area (Å²) in [6, 6.07) is 2.31. The van der Waals surface area contributed by atoms with Crippen LogP contribution in [0.25, 0.3) is 0 Å². The van der Waals surface area contributed by atoms with Crippen molar-refractivity contribution in [3.8, 4) is 0 Å². The smallest absolute Gasteiger partial charge is 0.254 e. The van der Waals surface area contributed by atoms with Crippen molar-refractivity contribution in [2.45, 2.75) is 30.7 Å². The van der Waals surface area contributed by atoms with Crippen LogP contribution in [0.5, 0.6) is 0 Å². The van der Waals surface area contributed by atoms with Gasteiger partial charge in [0.05, 0.1) is 5.56 Å². The van der Waals surface area contributed by atoms with E-state index in [2.05, 4.69) is 21.2 Å². The summed E-state index contributed by atoms with van der Waals surface area (Å²) in [6.07, 6.45) is 1.80. The average Bonchev–Trinajstić information content (AvgIpc) is 3.08. The molecule has 0 aliphatic heterocycles. The highest BCUT2D eigenvalue weighted by Gasteiger charge is 2.37. The van der Waals surface area contributed by atoms with Crippen molar-refractivity contribution >= 4 is 31.9 Å². The summed E-state index contributed by atoms with van der Waals surface area (Å²) in [5.41, 5.74) is -0.329. The van der Waals surface area contributed by atoms with Gasteiger partial charge in [0.25, 0.3) is 5.91 Å². The second kappa shape index (κ2) is 5.42. The third kappa shape index (κ3) is 3.18. The van der Waals surface area contributed by atoms with Gasteiger partial charge >= 0.3 is 0 Å². The van der Waals surface area contributed by atoms with Crippen LogP contribution in [0.3, 0.4) is 0 Å². The lowest BCUT2D eigenvalue weighted by atomic mass is 10.2. The first kappa shape index (κ1) is 15.4. The Morgan fingerprint density at radius 3 is 2.70 bits per heavy atom. The number of hydrogen-bond acceptors (Lipinski definition) is 3. The predicted molar refractivity (Wildman–Crippen MR) is 75.1 cm³/mol. The maximum absolute atomic E-state index is 14.1. The summed E-state index contributed by atoms with van der Waals surface area (Å²) in [4.78, 5) is 11.3. The number of hydrogen-bond donors (Lipinski definition) is 2. The number of nitrogens with two attached hydrogens (primary N) is 1. The first-order chi connectivity index (χ1) is 9.24. The van der Waals surface area contributed by atoms with Crippen LogP contribution < -0.4 is 10.5 Å². The van der Waals surface area contributed by atoms with E-state index in [1.54, 1.807) is 0 Å². The minimum absolute atomic E-state index is 0.0313. The quantitative estimate of drug-likeness (QED) is 0.852. The Hall–Kier alpha value is -0.990. The first-order valence-corrected chi connectivity index (χ1v) is 8.40. The van der Waals surface area contributed by atoms with Gasteiger partial charge in [-0.2, -0.15) is 0 Å². The third-order valence-corrected chi connectivity index (χ3v) is 4.69. The SMILES string of the molecule is CCC1CC1NC(=O)c1cc(Br)cc(S(N)(=O)=O)c1F. The van der Waals surface area contributed by atoms with Gasteiger partial charge in [0.1, 0.15) is 4.90 Å². The molecule has 110 valence electrons. The van der Waals surface area contributed by atoms with Crippen LogP contribution in [0, 0.1) is 11.7 Å². The monoisotopic (exact) mass is 364 g/mol. The van der Waals surface area contributed by atoms with Crippen molar-refractivity contribution in [2.24, 2.45) is 11.1 Å². The van der Waals surface area contributed by atoms with Crippen LogP contribution >= 0.6 is 15.9 Å². The van der Waals surface area contributed by atoms with Crippen LogP contribution in [0.4, 0.5) is 4.39 Å². The summed E-state index contributed by atoms with van der Waals surface area (Å²) in [5, 5.41) is 7.61. The highest BCUT2D eigenvalue weighted by atomic mass is 79.9. The second-order valence-corrected chi connectivity index (χ2v) is 7.24. The Morgan fingerprint density at radius 2 is 2.20 bits per heavy atom. The molecule has 1 saturated carbocycles. The molecule has 2 unspecified atom stereocenters. The molecule has 1 aliphatic carbocycles. The third-order valence-electron chi connectivity index (χ3n) is 3.32. The Morgan fingerprint density at radius 1 is 1.55 bits per heavy atom. The molecule has 8 heteroatoms. The number of primary sulfonamides is 1. The molecule has 0 heterocycles. The lowest BCUT2D eigenvalue weighted by Gasteiger charge is -2.09. The molecule has 0 aromatic heterocycles. The molecule has 0 radical (unpaired) electrons. The topological polar surface area (TPSA) is 89.3 Å². The summed E-state index contributed by atoms with van der Waals surface area (Å²) in [7, 11) is -4.23. The Labute approximate surface area is 124 Å². The minimum Gasteiger partial charge on any atom is -0.349 e. The van der Waals surface area contributed by atoms with Gasteiger partial charge in [-0.05, 0) is 24.5 Å². The van der Waals surface area contributed by atoms with E-state index in [0.717, 1.165) is 18.9 Å². The van der Waals surface area contributed by atoms with Gasteiger partial charge in [0.15, 0.2) is 5.82 Å². The second-order valence-electron chi connectivity index (χ2n) is 4.79. The van der Waals surface area contributed by atoms with Crippen LogP contribution in [0.2, 0.25) is 0 Å². The van der Waals surface area contributed by atoms with Crippen LogP contribution in [0.1, 0.15) is 30.1 Å². The fourth-order valence-electron chi connectivity index (χ4n) is 2.06. The van der Waals surface area contributed by atoms with E-state index in [-0.39, 0.29) is 16.1 Å². The number of rotatable bonds is 4. The van der Waals surface area contributed by atoms with E-state index < -0.39 is 26.6 Å². The lowest BCUT2D eigenvalue weighted by Crippen LogP contribution is -2.28. The van der Waals surface area contributed by atoms with Gasteiger partial charge in [-0.15, -0.1) is 0 Å². The van der Waals surface area contributed by atoms with Gasteiger partial charge in [-0.3, -0.25) is 4.79 Å². The summed E-state index contributed by atoms with van der Waals surface area (Å²) in [5.74, 6) is -1.34. The largest absolute Gasteiger partial charge is 0.349 e. The first-order valence-electron chi connectivity index (χ1n) is 6.06. The summed E-state index contributed by atoms with van der Waals surface area (Å²) in [6.45, 7) is 2.01. The standard InChI is InChI=1S/C12H14BrFN2O3S/c1-2-6-3-9(6)16-12(17)8-4-7(13)5-10(11(8)14)20(15,18)19/h4-6,9H,2-3H2,1H3,(H,16,17)(H2,15,18,19). The van der Waals surface area contributed by atoms with E-state index >= 15 is 0 Å². The zero-order valence-corrected chi connectivity index (χ0v) is 13.1. The van der Waals surface area contributed by atoms with Crippen LogP contribution in [-0.2, 0) is 10.0 Å². The highest BCUT2D eigenvalue weighted by molar-refractivity contribution is 9.10. The van der Waals surface area contributed by atoms with Gasteiger partial charge in [-0.25, -0.2) is 17.9 Å². The molecule has 2 atom stereocenters. The molecule has 1 aromatic rings. The van der Waals surface area contributed by atoms with Crippen molar-refractivity contribution in [1.82, 2.24) is 5.32 Å². The molecule has 0 spiro atoms. The van der Waals surface area contributed by atoms with E-state index in [4.69, 9.17) is 5.14 Å². The number of carbonyl (C=O) groups is 1. The molecular weight excluding hydrogens is 351 g/mol. The molecule has 1 aliphatic rings. The van der Waals surface area contributed by atoms with Crippen LogP contribution in [-0.4, -0.2) is 20.4 Å². The molecule has 1 amide bonds. The molecule has 20 heavy (non-hydrogen) atoms. The number of amides is 1. The lowest BCUT2D eigenvalue weighted by molar-refractivity contribution is 0.0944. The molecule has 1 aromatic carbocycles. The zero-order valence-electron chi connectivity index (χ0n) is 10.7. The minimum atomic E-state index is -4.23. The molecule has 3 N–H and O–H groups in total. The number of halogens is 2. The number of sulfonamides is 1. The van der Waals surface area contributed by atoms with Gasteiger partial charge < -0.3 is 5.32 Å². The molecule has 0 saturated heterocycles. The van der Waals surface area contributed by atoms with Crippen molar-refractivity contribution in [1.29, 1.82) is 0 Å². The van der Waals surface area contributed by atoms with Crippen LogP contribution in [0.15, 0.2) is 21.5 Å². The number of benzene rings is 1. The molecular formula is C12H14BrFN2O3S. The average molecular weight is 365 g/mol. The van der Waals surface area contributed by atoms with Crippen molar-refractivity contribution in [3.63, 3.8) is 0 Å². The van der Waals surface area contributed by atoms with Crippen molar-refractivity contribution in [2.75, 3.05) is 0 Å². The maximum atomic E-state index is 14.1. The van der Waals surface area contributed by atoms with E-state index in [0.29, 0.717) is 5.92 Å². The zero-order chi connectivity index (χ0) is 15.1. The molecule has 0 bridgehead atoms. The summed E-state index contributed by atoms with van der Waals surface area (Å²) < 4.78 is 37.0. The predicted octanol–water partition coefficient (Wildman–Crippen LogP) is 1.76. The van der Waals surface area contributed by atoms with Crippen molar-refractivity contribution in [3.05, 3.63) is 28.0 Å². The number of carbonyl (C=O) groups excluding carboxylic acids is 1. The van der Waals surface area contributed by atoms with Gasteiger partial charge in [0.2, 0.25) is 10.0 Å². The molecule has 1 fully saturated rings. The Balaban J connectivity index is 2.32. The highest BCUT2D eigenvalue weighted by Crippen LogP contribution is 2.33. The Kier molecular flexibility index (Phi) is 4.17. The van der Waals surface area contributed by atoms with Gasteiger partial charge in [0, 0.05) is 10.5 Å². The van der Waals surface area contributed by atoms with E-state index in [9.17, 15) is 17.6 Å². The molecule has 5 nitrogen and oxygen atoms in total. The summed E-state index contributed by atoms with van der Waals surface area (Å²) >= 11 is 3.05.